The summed E-state index contributed by atoms with van der Waals surface area (Å²) in [5.74, 6) is 0.433. The van der Waals surface area contributed by atoms with E-state index >= 15 is 0 Å². The van der Waals surface area contributed by atoms with Gasteiger partial charge in [-0.3, -0.25) is 4.79 Å². The van der Waals surface area contributed by atoms with Gasteiger partial charge < -0.3 is 15.2 Å². The van der Waals surface area contributed by atoms with Crippen molar-refractivity contribution in [2.24, 2.45) is 11.3 Å². The predicted octanol–water partition coefficient (Wildman–Crippen LogP) is 6.04. The molecule has 2 aromatic carbocycles. The SMILES string of the molecule is CC(C)(C)[C@H]1CC[C@H](Oc2cccc(-c3ccc(F)c(CNCCC(=O)O)c3)c2)CC1. The molecule has 2 aromatic rings. The number of aliphatic carboxylic acids is 1. The molecule has 3 rings (SSSR count). The van der Waals surface area contributed by atoms with Crippen molar-refractivity contribution in [3.8, 4) is 16.9 Å². The average molecular weight is 428 g/mol. The summed E-state index contributed by atoms with van der Waals surface area (Å²) in [6.45, 7) is 7.56. The van der Waals surface area contributed by atoms with Crippen molar-refractivity contribution in [3.63, 3.8) is 0 Å². The fourth-order valence-electron chi connectivity index (χ4n) is 4.30. The number of hydrogen-bond acceptors (Lipinski definition) is 3. The Morgan fingerprint density at radius 1 is 1.10 bits per heavy atom. The second-order valence-corrected chi connectivity index (χ2v) is 9.61. The molecule has 0 bridgehead atoms. The van der Waals surface area contributed by atoms with E-state index in [1.165, 1.54) is 18.9 Å². The zero-order valence-electron chi connectivity index (χ0n) is 18.8. The van der Waals surface area contributed by atoms with Gasteiger partial charge in [-0.2, -0.15) is 0 Å². The molecule has 0 amide bonds. The summed E-state index contributed by atoms with van der Waals surface area (Å²) in [6, 6.07) is 13.0. The van der Waals surface area contributed by atoms with Crippen LogP contribution in [0.2, 0.25) is 0 Å². The van der Waals surface area contributed by atoms with Gasteiger partial charge in [-0.05, 0) is 72.4 Å². The second-order valence-electron chi connectivity index (χ2n) is 9.61. The van der Waals surface area contributed by atoms with Gasteiger partial charge >= 0.3 is 5.97 Å². The minimum Gasteiger partial charge on any atom is -0.490 e. The first-order chi connectivity index (χ1) is 14.7. The summed E-state index contributed by atoms with van der Waals surface area (Å²) in [4.78, 5) is 10.6. The first kappa shape index (κ1) is 23.3. The molecule has 1 saturated carbocycles. The van der Waals surface area contributed by atoms with E-state index in [0.717, 1.165) is 35.6 Å². The Kier molecular flexibility index (Phi) is 7.71. The van der Waals surface area contributed by atoms with Gasteiger partial charge in [0.25, 0.3) is 0 Å². The molecule has 4 nitrogen and oxygen atoms in total. The number of ether oxygens (including phenoxy) is 1. The molecule has 1 aliphatic rings. The van der Waals surface area contributed by atoms with Crippen LogP contribution in [0.25, 0.3) is 11.1 Å². The maximum atomic E-state index is 14.2. The third kappa shape index (κ3) is 6.79. The van der Waals surface area contributed by atoms with Crippen molar-refractivity contribution >= 4 is 5.97 Å². The van der Waals surface area contributed by atoms with Crippen LogP contribution in [0.5, 0.6) is 5.75 Å². The number of carboxylic acids is 1. The lowest BCUT2D eigenvalue weighted by Crippen LogP contribution is -2.30. The van der Waals surface area contributed by atoms with Gasteiger partial charge in [0, 0.05) is 18.7 Å². The molecule has 0 spiro atoms. The zero-order valence-corrected chi connectivity index (χ0v) is 18.8. The minimum atomic E-state index is -0.870. The normalized spacial score (nSPS) is 19.2. The standard InChI is InChI=1S/C26H34FNO3/c1-26(2,3)21-8-10-22(11-9-21)31-23-6-4-5-18(16-23)19-7-12-24(27)20(15-19)17-28-14-13-25(29)30/h4-7,12,15-16,21-22,28H,8-11,13-14,17H2,1-3H3,(H,29,30)/t21-,22-. The first-order valence-corrected chi connectivity index (χ1v) is 11.2. The fourth-order valence-corrected chi connectivity index (χ4v) is 4.30. The van der Waals surface area contributed by atoms with Crippen LogP contribution in [0.3, 0.4) is 0 Å². The number of halogens is 1. The van der Waals surface area contributed by atoms with Crippen molar-refractivity contribution in [1.82, 2.24) is 5.32 Å². The lowest BCUT2D eigenvalue weighted by atomic mass is 9.72. The Bertz CT molecular complexity index is 882. The van der Waals surface area contributed by atoms with Crippen molar-refractivity contribution in [3.05, 3.63) is 53.8 Å². The first-order valence-electron chi connectivity index (χ1n) is 11.2. The highest BCUT2D eigenvalue weighted by atomic mass is 19.1. The Balaban J connectivity index is 1.63. The number of carboxylic acid groups (broad SMARTS) is 1. The van der Waals surface area contributed by atoms with Crippen molar-refractivity contribution < 1.29 is 19.0 Å². The van der Waals surface area contributed by atoms with Crippen LogP contribution < -0.4 is 10.1 Å². The highest BCUT2D eigenvalue weighted by Crippen LogP contribution is 2.39. The van der Waals surface area contributed by atoms with Crippen LogP contribution in [0, 0.1) is 17.2 Å². The van der Waals surface area contributed by atoms with E-state index < -0.39 is 5.97 Å². The monoisotopic (exact) mass is 427 g/mol. The van der Waals surface area contributed by atoms with E-state index in [4.69, 9.17) is 9.84 Å². The van der Waals surface area contributed by atoms with Crippen molar-refractivity contribution in [1.29, 1.82) is 0 Å². The van der Waals surface area contributed by atoms with E-state index in [-0.39, 0.29) is 18.3 Å². The Labute approximate surface area is 184 Å². The molecule has 1 fully saturated rings. The summed E-state index contributed by atoms with van der Waals surface area (Å²) in [5.41, 5.74) is 2.77. The lowest BCUT2D eigenvalue weighted by molar-refractivity contribution is -0.136. The number of nitrogens with one attached hydrogen (secondary N) is 1. The molecule has 5 heteroatoms. The predicted molar refractivity (Wildman–Crippen MR) is 122 cm³/mol. The summed E-state index contributed by atoms with van der Waals surface area (Å²) < 4.78 is 20.5. The number of carbonyl (C=O) groups is 1. The summed E-state index contributed by atoms with van der Waals surface area (Å²) in [7, 11) is 0. The van der Waals surface area contributed by atoms with Gasteiger partial charge in [-0.15, -0.1) is 0 Å². The van der Waals surface area contributed by atoms with Crippen LogP contribution in [0.4, 0.5) is 4.39 Å². The molecule has 0 saturated heterocycles. The third-order valence-electron chi connectivity index (χ3n) is 6.25. The Morgan fingerprint density at radius 2 is 1.81 bits per heavy atom. The Hall–Kier alpha value is -2.40. The summed E-state index contributed by atoms with van der Waals surface area (Å²) in [5, 5.41) is 11.7. The van der Waals surface area contributed by atoms with Gasteiger partial charge in [-0.25, -0.2) is 4.39 Å². The van der Waals surface area contributed by atoms with Gasteiger partial charge in [-0.1, -0.05) is 39.0 Å². The topological polar surface area (TPSA) is 58.6 Å². The molecule has 0 radical (unpaired) electrons. The lowest BCUT2D eigenvalue weighted by Gasteiger charge is -2.37. The van der Waals surface area contributed by atoms with E-state index in [1.54, 1.807) is 6.07 Å². The van der Waals surface area contributed by atoms with Gasteiger partial charge in [0.05, 0.1) is 12.5 Å². The average Bonchev–Trinajstić information content (AvgIpc) is 2.72. The molecule has 0 aliphatic heterocycles. The number of rotatable bonds is 8. The summed E-state index contributed by atoms with van der Waals surface area (Å²) in [6.07, 6.45) is 4.81. The number of hydrogen-bond donors (Lipinski definition) is 2. The second kappa shape index (κ2) is 10.3. The van der Waals surface area contributed by atoms with Crippen LogP contribution in [-0.2, 0) is 11.3 Å². The minimum absolute atomic E-state index is 0.0123. The molecule has 168 valence electrons. The molecule has 0 heterocycles. The molecular formula is C26H34FNO3. The van der Waals surface area contributed by atoms with Crippen LogP contribution in [-0.4, -0.2) is 23.7 Å². The van der Waals surface area contributed by atoms with Crippen LogP contribution >= 0.6 is 0 Å². The molecule has 0 aromatic heterocycles. The highest BCUT2D eigenvalue weighted by molar-refractivity contribution is 5.67. The van der Waals surface area contributed by atoms with Crippen LogP contribution in [0.1, 0.15) is 58.4 Å². The van der Waals surface area contributed by atoms with Crippen molar-refractivity contribution in [2.75, 3.05) is 6.54 Å². The molecule has 0 atom stereocenters. The van der Waals surface area contributed by atoms with Gasteiger partial charge in [0.15, 0.2) is 0 Å². The van der Waals surface area contributed by atoms with E-state index in [9.17, 15) is 9.18 Å². The molecule has 1 aliphatic carbocycles. The van der Waals surface area contributed by atoms with E-state index in [2.05, 4.69) is 26.1 Å². The highest BCUT2D eigenvalue weighted by Gasteiger charge is 2.30. The largest absolute Gasteiger partial charge is 0.490 e. The number of benzene rings is 2. The van der Waals surface area contributed by atoms with Gasteiger partial charge in [0.1, 0.15) is 11.6 Å². The zero-order chi connectivity index (χ0) is 22.4. The molecule has 31 heavy (non-hydrogen) atoms. The molecular weight excluding hydrogens is 393 g/mol. The summed E-state index contributed by atoms with van der Waals surface area (Å²) >= 11 is 0. The maximum absolute atomic E-state index is 14.2. The quantitative estimate of drug-likeness (QED) is 0.504. The van der Waals surface area contributed by atoms with Gasteiger partial charge in [0.2, 0.25) is 0 Å². The molecule has 2 N–H and O–H groups in total. The molecule has 0 unspecified atom stereocenters. The third-order valence-corrected chi connectivity index (χ3v) is 6.25. The fraction of sp³-hybridized carbons (Fsp3) is 0.500. The maximum Gasteiger partial charge on any atom is 0.304 e. The van der Waals surface area contributed by atoms with E-state index in [0.29, 0.717) is 24.1 Å². The van der Waals surface area contributed by atoms with Crippen LogP contribution in [0.15, 0.2) is 42.5 Å². The Morgan fingerprint density at radius 3 is 2.48 bits per heavy atom. The smallest absolute Gasteiger partial charge is 0.304 e. The van der Waals surface area contributed by atoms with E-state index in [1.807, 2.05) is 30.3 Å². The van der Waals surface area contributed by atoms with Crippen molar-refractivity contribution in [2.45, 2.75) is 65.5 Å².